The summed E-state index contributed by atoms with van der Waals surface area (Å²) in [5.41, 5.74) is 0. The van der Waals surface area contributed by atoms with Gasteiger partial charge >= 0.3 is 0 Å². The molecule has 0 aliphatic heterocycles. The van der Waals surface area contributed by atoms with E-state index in [-0.39, 0.29) is 5.75 Å². The van der Waals surface area contributed by atoms with Crippen LogP contribution in [0.15, 0.2) is 0 Å². The average molecular weight is 286 g/mol. The highest BCUT2D eigenvalue weighted by Gasteiger charge is 2.27. The molecule has 0 aromatic carbocycles. The molecule has 14 heavy (non-hydrogen) atoms. The number of halogens is 1. The third-order valence-electron chi connectivity index (χ3n) is 1.97. The molecule has 0 bridgehead atoms. The van der Waals surface area contributed by atoms with E-state index in [9.17, 15) is 8.42 Å². The van der Waals surface area contributed by atoms with Crippen LogP contribution in [0.5, 0.6) is 0 Å². The number of sulfone groups is 1. The van der Waals surface area contributed by atoms with Crippen molar-refractivity contribution in [2.45, 2.75) is 31.9 Å². The maximum Gasteiger partial charge on any atom is 0.156 e. The van der Waals surface area contributed by atoms with Crippen molar-refractivity contribution in [1.82, 2.24) is 5.32 Å². The first-order valence-corrected chi connectivity index (χ1v) is 7.57. The average Bonchev–Trinajstić information content (AvgIpc) is 2.02. The van der Waals surface area contributed by atoms with E-state index < -0.39 is 14.6 Å². The standard InChI is InChI=1S/C9H20BrNO2S/c1-9(2,3)14(12,13)8-7-11-6-4-5-10/h11H,4-8H2,1-3H3. The van der Waals surface area contributed by atoms with E-state index in [0.29, 0.717) is 6.54 Å². The van der Waals surface area contributed by atoms with Crippen LogP contribution in [0.25, 0.3) is 0 Å². The van der Waals surface area contributed by atoms with Gasteiger partial charge in [0.25, 0.3) is 0 Å². The second-order valence-corrected chi connectivity index (χ2v) is 7.88. The second kappa shape index (κ2) is 6.08. The van der Waals surface area contributed by atoms with Gasteiger partial charge < -0.3 is 5.32 Å². The predicted octanol–water partition coefficient (Wildman–Crippen LogP) is 1.57. The smallest absolute Gasteiger partial charge is 0.156 e. The van der Waals surface area contributed by atoms with E-state index in [4.69, 9.17) is 0 Å². The second-order valence-electron chi connectivity index (χ2n) is 4.22. The molecule has 0 rings (SSSR count). The fourth-order valence-electron chi connectivity index (χ4n) is 0.830. The molecule has 3 nitrogen and oxygen atoms in total. The van der Waals surface area contributed by atoms with Crippen molar-refractivity contribution >= 4 is 25.8 Å². The Bertz CT molecular complexity index is 244. The monoisotopic (exact) mass is 285 g/mol. The minimum absolute atomic E-state index is 0.221. The van der Waals surface area contributed by atoms with Gasteiger partial charge in [-0.2, -0.15) is 0 Å². The molecule has 5 heteroatoms. The van der Waals surface area contributed by atoms with Gasteiger partial charge in [0.05, 0.1) is 10.5 Å². The Labute approximate surface area is 95.7 Å². The Kier molecular flexibility index (Phi) is 6.25. The quantitative estimate of drug-likeness (QED) is 0.595. The summed E-state index contributed by atoms with van der Waals surface area (Å²) in [5, 5.41) is 4.06. The third-order valence-corrected chi connectivity index (χ3v) is 5.14. The molecule has 86 valence electrons. The largest absolute Gasteiger partial charge is 0.316 e. The topological polar surface area (TPSA) is 46.2 Å². The van der Waals surface area contributed by atoms with Crippen LogP contribution >= 0.6 is 15.9 Å². The first-order valence-electron chi connectivity index (χ1n) is 4.80. The lowest BCUT2D eigenvalue weighted by Crippen LogP contribution is -2.34. The van der Waals surface area contributed by atoms with Crippen LogP contribution in [0.1, 0.15) is 27.2 Å². The van der Waals surface area contributed by atoms with Crippen LogP contribution in [0.2, 0.25) is 0 Å². The van der Waals surface area contributed by atoms with Crippen molar-refractivity contribution in [3.63, 3.8) is 0 Å². The zero-order valence-electron chi connectivity index (χ0n) is 9.14. The minimum atomic E-state index is -2.96. The number of alkyl halides is 1. The lowest BCUT2D eigenvalue weighted by atomic mass is 10.3. The van der Waals surface area contributed by atoms with E-state index >= 15 is 0 Å². The number of hydrogen-bond donors (Lipinski definition) is 1. The van der Waals surface area contributed by atoms with Crippen LogP contribution in [-0.2, 0) is 9.84 Å². The van der Waals surface area contributed by atoms with E-state index in [2.05, 4.69) is 21.2 Å². The van der Waals surface area contributed by atoms with Crippen LogP contribution in [-0.4, -0.2) is 37.3 Å². The van der Waals surface area contributed by atoms with Crippen LogP contribution in [0, 0.1) is 0 Å². The van der Waals surface area contributed by atoms with Gasteiger partial charge in [-0.15, -0.1) is 0 Å². The molecule has 0 saturated carbocycles. The van der Waals surface area contributed by atoms with Crippen LogP contribution in [0.4, 0.5) is 0 Å². The Morgan fingerprint density at radius 1 is 1.21 bits per heavy atom. The molecule has 0 aliphatic rings. The summed E-state index contributed by atoms with van der Waals surface area (Å²) in [5.74, 6) is 0.221. The normalized spacial score (nSPS) is 13.1. The summed E-state index contributed by atoms with van der Waals surface area (Å²) in [6, 6.07) is 0. The maximum atomic E-state index is 11.6. The fraction of sp³-hybridized carbons (Fsp3) is 1.00. The molecule has 0 atom stereocenters. The zero-order chi connectivity index (χ0) is 11.2. The van der Waals surface area contributed by atoms with E-state index in [1.807, 2.05) is 0 Å². The minimum Gasteiger partial charge on any atom is -0.316 e. The molecule has 0 heterocycles. The molecule has 1 N–H and O–H groups in total. The van der Waals surface area contributed by atoms with Crippen molar-refractivity contribution in [1.29, 1.82) is 0 Å². The van der Waals surface area contributed by atoms with E-state index in [1.54, 1.807) is 20.8 Å². The molecule has 0 fully saturated rings. The molecule has 0 aliphatic carbocycles. The van der Waals surface area contributed by atoms with Crippen molar-refractivity contribution in [3.8, 4) is 0 Å². The molecular formula is C9H20BrNO2S. The zero-order valence-corrected chi connectivity index (χ0v) is 11.5. The highest BCUT2D eigenvalue weighted by atomic mass is 79.9. The van der Waals surface area contributed by atoms with Crippen LogP contribution in [0.3, 0.4) is 0 Å². The van der Waals surface area contributed by atoms with Crippen LogP contribution < -0.4 is 5.32 Å². The Hall–Kier alpha value is 0.390. The van der Waals surface area contributed by atoms with E-state index in [1.165, 1.54) is 0 Å². The SMILES string of the molecule is CC(C)(C)S(=O)(=O)CCNCCCBr. The lowest BCUT2D eigenvalue weighted by Gasteiger charge is -2.19. The molecular weight excluding hydrogens is 266 g/mol. The molecule has 0 saturated heterocycles. The Balaban J connectivity index is 3.80. The summed E-state index contributed by atoms with van der Waals surface area (Å²) in [7, 11) is -2.96. The molecule has 0 aromatic heterocycles. The van der Waals surface area contributed by atoms with Crippen molar-refractivity contribution < 1.29 is 8.42 Å². The first kappa shape index (κ1) is 14.4. The molecule has 0 aromatic rings. The number of rotatable bonds is 6. The van der Waals surface area contributed by atoms with Gasteiger partial charge in [0.2, 0.25) is 0 Å². The van der Waals surface area contributed by atoms with Gasteiger partial charge in [0, 0.05) is 11.9 Å². The molecule has 0 spiro atoms. The van der Waals surface area contributed by atoms with Gasteiger partial charge in [-0.3, -0.25) is 0 Å². The van der Waals surface area contributed by atoms with E-state index in [0.717, 1.165) is 18.3 Å². The van der Waals surface area contributed by atoms with Crippen molar-refractivity contribution in [2.24, 2.45) is 0 Å². The van der Waals surface area contributed by atoms with Gasteiger partial charge in [-0.05, 0) is 33.7 Å². The molecule has 0 unspecified atom stereocenters. The van der Waals surface area contributed by atoms with Crippen molar-refractivity contribution in [2.75, 3.05) is 24.2 Å². The first-order chi connectivity index (χ1) is 6.31. The fourth-order valence-corrected chi connectivity index (χ4v) is 2.14. The highest BCUT2D eigenvalue weighted by Crippen LogP contribution is 2.14. The Morgan fingerprint density at radius 2 is 1.79 bits per heavy atom. The summed E-state index contributed by atoms with van der Waals surface area (Å²) in [6.07, 6.45) is 1.02. The summed E-state index contributed by atoms with van der Waals surface area (Å²) in [4.78, 5) is 0. The van der Waals surface area contributed by atoms with Gasteiger partial charge in [-0.25, -0.2) is 8.42 Å². The van der Waals surface area contributed by atoms with Gasteiger partial charge in [0.1, 0.15) is 0 Å². The van der Waals surface area contributed by atoms with Crippen molar-refractivity contribution in [3.05, 3.63) is 0 Å². The summed E-state index contributed by atoms with van der Waals surface area (Å²) >= 11 is 3.31. The third kappa shape index (κ3) is 5.32. The lowest BCUT2D eigenvalue weighted by molar-refractivity contribution is 0.556. The Morgan fingerprint density at radius 3 is 2.21 bits per heavy atom. The van der Waals surface area contributed by atoms with Gasteiger partial charge in [0.15, 0.2) is 9.84 Å². The summed E-state index contributed by atoms with van der Waals surface area (Å²) in [6.45, 7) is 6.62. The highest BCUT2D eigenvalue weighted by molar-refractivity contribution is 9.09. The van der Waals surface area contributed by atoms with Gasteiger partial charge in [-0.1, -0.05) is 15.9 Å². The number of hydrogen-bond acceptors (Lipinski definition) is 3. The predicted molar refractivity (Wildman–Crippen MR) is 64.8 cm³/mol. The maximum absolute atomic E-state index is 11.6. The molecule has 0 radical (unpaired) electrons. The number of nitrogens with one attached hydrogen (secondary N) is 1. The summed E-state index contributed by atoms with van der Waals surface area (Å²) < 4.78 is 22.6. The molecule has 0 amide bonds.